The van der Waals surface area contributed by atoms with E-state index in [4.69, 9.17) is 9.47 Å². The molecule has 0 aliphatic carbocycles. The summed E-state index contributed by atoms with van der Waals surface area (Å²) in [5, 5.41) is 0. The molecule has 8 nitrogen and oxygen atoms in total. The van der Waals surface area contributed by atoms with Crippen LogP contribution < -0.4 is 4.31 Å². The summed E-state index contributed by atoms with van der Waals surface area (Å²) in [4.78, 5) is 26.9. The zero-order valence-electron chi connectivity index (χ0n) is 17.8. The van der Waals surface area contributed by atoms with E-state index >= 15 is 0 Å². The molecular formula is C23H24N2O6S. The number of carbonyl (C=O) groups excluding carboxylic acids is 2. The molecule has 0 N–H and O–H groups in total. The van der Waals surface area contributed by atoms with E-state index in [1.807, 2.05) is 12.1 Å². The Hall–Kier alpha value is -3.33. The van der Waals surface area contributed by atoms with Crippen molar-refractivity contribution in [1.82, 2.24) is 4.90 Å². The normalized spacial score (nSPS) is 23.9. The number of methoxy groups -OCH3 is 2. The molecule has 2 aliphatic heterocycles. The van der Waals surface area contributed by atoms with Gasteiger partial charge in [0.2, 0.25) is 0 Å². The molecule has 1 fully saturated rings. The van der Waals surface area contributed by atoms with Crippen molar-refractivity contribution in [2.24, 2.45) is 0 Å². The van der Waals surface area contributed by atoms with E-state index in [9.17, 15) is 18.0 Å². The first-order valence-corrected chi connectivity index (χ1v) is 11.5. The molecule has 3 atom stereocenters. The van der Waals surface area contributed by atoms with E-state index in [-0.39, 0.29) is 11.3 Å². The summed E-state index contributed by atoms with van der Waals surface area (Å²) in [6.45, 7) is 3.86. The molecule has 0 aromatic heterocycles. The minimum Gasteiger partial charge on any atom is -0.467 e. The number of benzene rings is 2. The van der Waals surface area contributed by atoms with Gasteiger partial charge >= 0.3 is 12.1 Å². The van der Waals surface area contributed by atoms with Crippen LogP contribution >= 0.6 is 0 Å². The van der Waals surface area contributed by atoms with Gasteiger partial charge in [0.25, 0.3) is 10.0 Å². The van der Waals surface area contributed by atoms with Crippen molar-refractivity contribution in [2.75, 3.05) is 18.5 Å². The number of likely N-dealkylation sites (tertiary alicyclic amines) is 1. The van der Waals surface area contributed by atoms with Crippen LogP contribution in [-0.4, -0.2) is 51.8 Å². The molecule has 2 aromatic rings. The number of sulfonamides is 1. The fourth-order valence-corrected chi connectivity index (χ4v) is 6.69. The molecule has 1 amide bonds. The van der Waals surface area contributed by atoms with Crippen molar-refractivity contribution < 1.29 is 27.5 Å². The second-order valence-corrected chi connectivity index (χ2v) is 9.59. The van der Waals surface area contributed by atoms with Crippen LogP contribution in [0.25, 0.3) is 0 Å². The van der Waals surface area contributed by atoms with Crippen molar-refractivity contribution >= 4 is 27.8 Å². The second kappa shape index (κ2) is 7.98. The fraction of sp³-hybridized carbons (Fsp3) is 0.304. The van der Waals surface area contributed by atoms with Gasteiger partial charge in [-0.15, -0.1) is 6.58 Å². The number of amides is 1. The zero-order valence-corrected chi connectivity index (χ0v) is 18.6. The number of nitrogens with zero attached hydrogens (tertiary/aromatic N) is 2. The van der Waals surface area contributed by atoms with Crippen LogP contribution in [0.2, 0.25) is 0 Å². The third kappa shape index (κ3) is 2.99. The maximum Gasteiger partial charge on any atom is 0.411 e. The fourth-order valence-electron chi connectivity index (χ4n) is 4.98. The summed E-state index contributed by atoms with van der Waals surface area (Å²) >= 11 is 0. The van der Waals surface area contributed by atoms with Crippen LogP contribution in [0.4, 0.5) is 10.5 Å². The first-order chi connectivity index (χ1) is 15.3. The van der Waals surface area contributed by atoms with E-state index in [0.29, 0.717) is 12.1 Å². The molecule has 1 saturated heterocycles. The molecular weight excluding hydrogens is 432 g/mol. The lowest BCUT2D eigenvalue weighted by atomic mass is 9.75. The summed E-state index contributed by atoms with van der Waals surface area (Å²) in [6.07, 6.45) is 0.356. The van der Waals surface area contributed by atoms with E-state index in [2.05, 4.69) is 6.58 Å². The van der Waals surface area contributed by atoms with Gasteiger partial charge in [-0.25, -0.2) is 22.3 Å². The molecule has 2 heterocycles. The largest absolute Gasteiger partial charge is 0.467 e. The summed E-state index contributed by atoms with van der Waals surface area (Å²) in [5.74, 6) is -0.636. The van der Waals surface area contributed by atoms with Gasteiger partial charge in [-0.1, -0.05) is 42.5 Å². The number of hydrogen-bond acceptors (Lipinski definition) is 6. The van der Waals surface area contributed by atoms with Crippen molar-refractivity contribution in [3.05, 3.63) is 72.8 Å². The van der Waals surface area contributed by atoms with Gasteiger partial charge in [-0.3, -0.25) is 4.90 Å². The molecule has 168 valence electrons. The minimum atomic E-state index is -4.10. The van der Waals surface area contributed by atoms with Crippen molar-refractivity contribution in [3.63, 3.8) is 0 Å². The summed E-state index contributed by atoms with van der Waals surface area (Å²) < 4.78 is 39.0. The maximum absolute atomic E-state index is 13.9. The Morgan fingerprint density at radius 1 is 1.09 bits per heavy atom. The quantitative estimate of drug-likeness (QED) is 0.507. The van der Waals surface area contributed by atoms with Gasteiger partial charge in [0.15, 0.2) is 0 Å². The summed E-state index contributed by atoms with van der Waals surface area (Å²) in [6, 6.07) is 14.1. The third-order valence-electron chi connectivity index (χ3n) is 6.22. The lowest BCUT2D eigenvalue weighted by molar-refractivity contribution is -0.145. The monoisotopic (exact) mass is 456 g/mol. The predicted molar refractivity (Wildman–Crippen MR) is 117 cm³/mol. The van der Waals surface area contributed by atoms with Gasteiger partial charge in [0.05, 0.1) is 24.8 Å². The summed E-state index contributed by atoms with van der Waals surface area (Å²) in [5.41, 5.74) is 0.290. The van der Waals surface area contributed by atoms with Crippen LogP contribution in [0.15, 0.2) is 72.1 Å². The highest BCUT2D eigenvalue weighted by atomic mass is 32.2. The van der Waals surface area contributed by atoms with Crippen LogP contribution in [0.5, 0.6) is 0 Å². The van der Waals surface area contributed by atoms with Crippen molar-refractivity contribution in [2.45, 2.75) is 35.4 Å². The van der Waals surface area contributed by atoms with Gasteiger partial charge in [0.1, 0.15) is 12.2 Å². The van der Waals surface area contributed by atoms with Crippen molar-refractivity contribution in [3.8, 4) is 0 Å². The average molecular weight is 457 g/mol. The number of carbonyl (C=O) groups is 2. The third-order valence-corrected chi connectivity index (χ3v) is 8.00. The number of ether oxygens (including phenoxy) is 2. The second-order valence-electron chi connectivity index (χ2n) is 7.77. The number of allylic oxidation sites excluding steroid dienone is 1. The van der Waals surface area contributed by atoms with E-state index in [1.165, 1.54) is 35.6 Å². The van der Waals surface area contributed by atoms with Gasteiger partial charge < -0.3 is 9.47 Å². The maximum atomic E-state index is 13.9. The van der Waals surface area contributed by atoms with Gasteiger partial charge in [-0.05, 0) is 36.6 Å². The molecule has 0 saturated carbocycles. The predicted octanol–water partition coefficient (Wildman–Crippen LogP) is 3.05. The Balaban J connectivity index is 2.01. The number of para-hydroxylation sites is 1. The highest BCUT2D eigenvalue weighted by molar-refractivity contribution is 7.92. The highest BCUT2D eigenvalue weighted by Crippen LogP contribution is 2.57. The van der Waals surface area contributed by atoms with Gasteiger partial charge in [0, 0.05) is 5.41 Å². The van der Waals surface area contributed by atoms with Crippen LogP contribution in [0, 0.1) is 0 Å². The first-order valence-electron chi connectivity index (χ1n) is 10.1. The molecule has 32 heavy (non-hydrogen) atoms. The van der Waals surface area contributed by atoms with E-state index < -0.39 is 39.7 Å². The molecule has 0 unspecified atom stereocenters. The molecule has 2 aromatic carbocycles. The number of hydrogen-bond donors (Lipinski definition) is 0. The topological polar surface area (TPSA) is 93.2 Å². The molecule has 0 bridgehead atoms. The van der Waals surface area contributed by atoms with Crippen molar-refractivity contribution in [1.29, 1.82) is 0 Å². The standard InChI is InChI=1S/C23H24N2O6S/c1-4-14-23-15-19(20(26)30-2)24(22(27)31-3)21(23)25(18-13-9-8-12-17(18)23)32(28,29)16-10-6-5-7-11-16/h4-13,19,21H,1,14-15H2,2-3H3/t19-,21-,23+/m0/s1. The average Bonchev–Trinajstić information content (AvgIpc) is 3.28. The minimum absolute atomic E-state index is 0.0792. The summed E-state index contributed by atoms with van der Waals surface area (Å²) in [7, 11) is -1.66. The van der Waals surface area contributed by atoms with E-state index in [0.717, 1.165) is 5.56 Å². The molecule has 4 rings (SSSR count). The number of esters is 1. The SMILES string of the molecule is C=CC[C@]12C[C@@H](C(=O)OC)N(C(=O)OC)[C@H]1N(S(=O)(=O)c1ccccc1)c1ccccc12. The van der Waals surface area contributed by atoms with Crippen LogP contribution in [-0.2, 0) is 29.7 Å². The smallest absolute Gasteiger partial charge is 0.411 e. The Bertz CT molecular complexity index is 1170. The van der Waals surface area contributed by atoms with E-state index in [1.54, 1.807) is 36.4 Å². The Morgan fingerprint density at radius 3 is 2.38 bits per heavy atom. The number of anilines is 1. The molecule has 0 spiro atoms. The zero-order chi connectivity index (χ0) is 23.1. The highest BCUT2D eigenvalue weighted by Gasteiger charge is 2.65. The number of rotatable bonds is 5. The Labute approximate surface area is 187 Å². The molecule has 2 aliphatic rings. The number of fused-ring (bicyclic) bond motifs is 3. The lowest BCUT2D eigenvalue weighted by Crippen LogP contribution is -2.56. The Morgan fingerprint density at radius 2 is 1.75 bits per heavy atom. The molecule has 0 radical (unpaired) electrons. The first kappa shape index (κ1) is 21.9. The lowest BCUT2D eigenvalue weighted by Gasteiger charge is -2.37. The Kier molecular flexibility index (Phi) is 5.46. The van der Waals surface area contributed by atoms with Gasteiger partial charge in [-0.2, -0.15) is 0 Å². The molecule has 9 heteroatoms. The van der Waals surface area contributed by atoms with Crippen LogP contribution in [0.3, 0.4) is 0 Å². The van der Waals surface area contributed by atoms with Crippen LogP contribution in [0.1, 0.15) is 18.4 Å².